The summed E-state index contributed by atoms with van der Waals surface area (Å²) in [6.07, 6.45) is 6.51. The average Bonchev–Trinajstić information content (AvgIpc) is 3.21. The summed E-state index contributed by atoms with van der Waals surface area (Å²) in [5, 5.41) is 3.12. The molecule has 6 nitrogen and oxygen atoms in total. The molecule has 0 radical (unpaired) electrons. The van der Waals surface area contributed by atoms with Gasteiger partial charge in [-0.3, -0.25) is 19.7 Å². The van der Waals surface area contributed by atoms with Crippen LogP contribution in [0.25, 0.3) is 11.3 Å². The van der Waals surface area contributed by atoms with E-state index in [4.69, 9.17) is 4.74 Å². The molecule has 3 aromatic rings. The number of benzene rings is 2. The van der Waals surface area contributed by atoms with Crippen LogP contribution in [-0.2, 0) is 24.2 Å². The van der Waals surface area contributed by atoms with Crippen molar-refractivity contribution in [1.82, 2.24) is 20.2 Å². The lowest BCUT2D eigenvalue weighted by atomic mass is 9.94. The number of rotatable bonds is 4. The molecule has 1 aromatic heterocycles. The van der Waals surface area contributed by atoms with Gasteiger partial charge in [-0.05, 0) is 36.2 Å². The molecule has 0 aliphatic carbocycles. The summed E-state index contributed by atoms with van der Waals surface area (Å²) in [5.74, 6) is 0.904. The first-order chi connectivity index (χ1) is 14.7. The van der Waals surface area contributed by atoms with Crippen LogP contribution in [0.15, 0.2) is 61.1 Å². The molecular formula is C24H24N4O2. The van der Waals surface area contributed by atoms with E-state index in [0.29, 0.717) is 6.54 Å². The van der Waals surface area contributed by atoms with Gasteiger partial charge in [-0.15, -0.1) is 0 Å². The summed E-state index contributed by atoms with van der Waals surface area (Å²) in [7, 11) is 2.01. The maximum atomic E-state index is 12.9. The second-order valence-corrected chi connectivity index (χ2v) is 7.98. The molecule has 1 N–H and O–H groups in total. The highest BCUT2D eigenvalue weighted by atomic mass is 16.5. The third-order valence-electron chi connectivity index (χ3n) is 5.96. The number of nitrogens with one attached hydrogen (secondary N) is 1. The Morgan fingerprint density at radius 1 is 1.10 bits per heavy atom. The Balaban J connectivity index is 1.24. The van der Waals surface area contributed by atoms with Gasteiger partial charge in [0.1, 0.15) is 11.9 Å². The van der Waals surface area contributed by atoms with Gasteiger partial charge in [0.15, 0.2) is 0 Å². The fraction of sp³-hybridized carbons (Fsp3) is 0.292. The van der Waals surface area contributed by atoms with E-state index in [9.17, 15) is 4.79 Å². The van der Waals surface area contributed by atoms with Gasteiger partial charge in [0.2, 0.25) is 5.91 Å². The molecule has 0 saturated carbocycles. The first-order valence-corrected chi connectivity index (χ1v) is 10.3. The topological polar surface area (TPSA) is 67.4 Å². The molecule has 6 heteroatoms. The number of fused-ring (bicyclic) bond motifs is 2. The van der Waals surface area contributed by atoms with Crippen LogP contribution in [0.5, 0.6) is 5.75 Å². The Bertz CT molecular complexity index is 1070. The van der Waals surface area contributed by atoms with Gasteiger partial charge in [0, 0.05) is 30.9 Å². The molecule has 0 saturated heterocycles. The predicted octanol–water partition coefficient (Wildman–Crippen LogP) is 2.62. The van der Waals surface area contributed by atoms with Crippen LogP contribution < -0.4 is 10.1 Å². The van der Waals surface area contributed by atoms with E-state index in [0.717, 1.165) is 42.0 Å². The number of para-hydroxylation sites is 1. The molecule has 2 aromatic carbocycles. The first kappa shape index (κ1) is 18.8. The van der Waals surface area contributed by atoms with E-state index in [1.54, 1.807) is 18.6 Å². The molecule has 0 spiro atoms. The van der Waals surface area contributed by atoms with E-state index in [1.807, 2.05) is 25.2 Å². The standard InChI is InChI=1S/C24H24N4O2/c1-28-15-18-6-3-2-5-16(18)12-22(28)24(29)27-13-19-11-17-7-4-8-20(23(17)30-19)21-14-25-9-10-26-21/h2-10,14,19,22H,11-13,15H2,1H3,(H,27,29)/t19-,22+/m1/s1. The smallest absolute Gasteiger partial charge is 0.237 e. The molecule has 30 heavy (non-hydrogen) atoms. The predicted molar refractivity (Wildman–Crippen MR) is 114 cm³/mol. The van der Waals surface area contributed by atoms with Gasteiger partial charge in [0.05, 0.1) is 24.5 Å². The van der Waals surface area contributed by atoms with Crippen molar-refractivity contribution in [3.63, 3.8) is 0 Å². The Hall–Kier alpha value is -3.25. The number of ether oxygens (including phenoxy) is 1. The molecule has 2 aliphatic heterocycles. The molecule has 0 unspecified atom stereocenters. The molecule has 0 bridgehead atoms. The van der Waals surface area contributed by atoms with Gasteiger partial charge in [-0.2, -0.15) is 0 Å². The lowest BCUT2D eigenvalue weighted by Gasteiger charge is -2.33. The minimum absolute atomic E-state index is 0.0562. The van der Waals surface area contributed by atoms with Crippen molar-refractivity contribution in [2.75, 3.05) is 13.6 Å². The second-order valence-electron chi connectivity index (χ2n) is 7.98. The number of amides is 1. The molecule has 2 aliphatic rings. The van der Waals surface area contributed by atoms with Gasteiger partial charge < -0.3 is 10.1 Å². The monoisotopic (exact) mass is 400 g/mol. The molecule has 152 valence electrons. The zero-order valence-electron chi connectivity index (χ0n) is 16.9. The minimum Gasteiger partial charge on any atom is -0.487 e. The summed E-state index contributed by atoms with van der Waals surface area (Å²) >= 11 is 0. The zero-order valence-corrected chi connectivity index (χ0v) is 16.9. The number of nitrogens with zero attached hydrogens (tertiary/aromatic N) is 3. The number of aromatic nitrogens is 2. The van der Waals surface area contributed by atoms with Crippen molar-refractivity contribution < 1.29 is 9.53 Å². The van der Waals surface area contributed by atoms with Crippen LogP contribution in [0, 0.1) is 0 Å². The number of carbonyl (C=O) groups is 1. The minimum atomic E-state index is -0.154. The van der Waals surface area contributed by atoms with Crippen LogP contribution in [0.3, 0.4) is 0 Å². The van der Waals surface area contributed by atoms with Crippen LogP contribution in [0.1, 0.15) is 16.7 Å². The van der Waals surface area contributed by atoms with Crippen molar-refractivity contribution in [3.05, 3.63) is 77.7 Å². The van der Waals surface area contributed by atoms with E-state index in [1.165, 1.54) is 11.1 Å². The lowest BCUT2D eigenvalue weighted by Crippen LogP contribution is -2.50. The number of likely N-dealkylation sites (N-methyl/N-ethyl adjacent to an activating group) is 1. The van der Waals surface area contributed by atoms with Gasteiger partial charge in [0.25, 0.3) is 0 Å². The summed E-state index contributed by atoms with van der Waals surface area (Å²) < 4.78 is 6.22. The summed E-state index contributed by atoms with van der Waals surface area (Å²) in [4.78, 5) is 23.6. The van der Waals surface area contributed by atoms with E-state index in [-0.39, 0.29) is 18.1 Å². The number of hydrogen-bond donors (Lipinski definition) is 1. The molecule has 0 fully saturated rings. The Labute approximate surface area is 175 Å². The largest absolute Gasteiger partial charge is 0.487 e. The lowest BCUT2D eigenvalue weighted by molar-refractivity contribution is -0.126. The van der Waals surface area contributed by atoms with Gasteiger partial charge in [-0.25, -0.2) is 0 Å². The van der Waals surface area contributed by atoms with Crippen LogP contribution in [0.4, 0.5) is 0 Å². The van der Waals surface area contributed by atoms with Crippen LogP contribution in [-0.4, -0.2) is 46.5 Å². The summed E-state index contributed by atoms with van der Waals surface area (Å²) in [6, 6.07) is 14.3. The Morgan fingerprint density at radius 2 is 1.93 bits per heavy atom. The van der Waals surface area contributed by atoms with E-state index >= 15 is 0 Å². The quantitative estimate of drug-likeness (QED) is 0.729. The van der Waals surface area contributed by atoms with Crippen molar-refractivity contribution >= 4 is 5.91 Å². The van der Waals surface area contributed by atoms with Crippen molar-refractivity contribution in [3.8, 4) is 17.0 Å². The van der Waals surface area contributed by atoms with E-state index in [2.05, 4.69) is 44.5 Å². The number of hydrogen-bond acceptors (Lipinski definition) is 5. The SMILES string of the molecule is CN1Cc2ccccc2C[C@H]1C(=O)NC[C@H]1Cc2cccc(-c3cnccn3)c2O1. The Kier molecular flexibility index (Phi) is 4.93. The van der Waals surface area contributed by atoms with Crippen molar-refractivity contribution in [2.24, 2.45) is 0 Å². The van der Waals surface area contributed by atoms with Crippen LogP contribution >= 0.6 is 0 Å². The fourth-order valence-corrected chi connectivity index (χ4v) is 4.37. The second kappa shape index (κ2) is 7.88. The van der Waals surface area contributed by atoms with Crippen molar-refractivity contribution in [2.45, 2.75) is 31.5 Å². The molecule has 2 atom stereocenters. The van der Waals surface area contributed by atoms with Crippen molar-refractivity contribution in [1.29, 1.82) is 0 Å². The fourth-order valence-electron chi connectivity index (χ4n) is 4.37. The van der Waals surface area contributed by atoms with E-state index < -0.39 is 0 Å². The number of carbonyl (C=O) groups excluding carboxylic acids is 1. The maximum Gasteiger partial charge on any atom is 0.237 e. The van der Waals surface area contributed by atoms with Gasteiger partial charge in [-0.1, -0.05) is 36.4 Å². The highest BCUT2D eigenvalue weighted by Crippen LogP contribution is 2.37. The summed E-state index contributed by atoms with van der Waals surface area (Å²) in [5.41, 5.74) is 5.43. The first-order valence-electron chi connectivity index (χ1n) is 10.3. The summed E-state index contributed by atoms with van der Waals surface area (Å²) in [6.45, 7) is 1.28. The molecular weight excluding hydrogens is 376 g/mol. The maximum absolute atomic E-state index is 12.9. The third kappa shape index (κ3) is 3.55. The zero-order chi connectivity index (χ0) is 20.5. The molecule has 5 rings (SSSR count). The third-order valence-corrected chi connectivity index (χ3v) is 5.96. The average molecular weight is 400 g/mol. The molecule has 3 heterocycles. The highest BCUT2D eigenvalue weighted by Gasteiger charge is 2.31. The normalized spacial score (nSPS) is 20.2. The van der Waals surface area contributed by atoms with Crippen LogP contribution in [0.2, 0.25) is 0 Å². The highest BCUT2D eigenvalue weighted by molar-refractivity contribution is 5.82. The Morgan fingerprint density at radius 3 is 2.77 bits per heavy atom. The molecule has 1 amide bonds. The van der Waals surface area contributed by atoms with Gasteiger partial charge >= 0.3 is 0 Å².